The van der Waals surface area contributed by atoms with E-state index in [1.54, 1.807) is 11.4 Å². The summed E-state index contributed by atoms with van der Waals surface area (Å²) < 4.78 is 5.06. The van der Waals surface area contributed by atoms with Gasteiger partial charge in [-0.05, 0) is 24.3 Å². The Balaban J connectivity index is 2.20. The van der Waals surface area contributed by atoms with Gasteiger partial charge < -0.3 is 15.2 Å². The number of carbonyl (C=O) groups excluding carboxylic acids is 1. The van der Waals surface area contributed by atoms with Crippen LogP contribution < -0.4 is 10.1 Å². The molecule has 1 rings (SSSR count). The van der Waals surface area contributed by atoms with E-state index in [0.29, 0.717) is 23.6 Å². The summed E-state index contributed by atoms with van der Waals surface area (Å²) in [5.74, 6) is -0.328. The number of aliphatic carboxylic acids is 1. The molecule has 1 amide bonds. The van der Waals surface area contributed by atoms with E-state index < -0.39 is 5.97 Å². The Morgan fingerprint density at radius 2 is 2.17 bits per heavy atom. The Kier molecular flexibility index (Phi) is 6.21. The molecule has 0 unspecified atom stereocenters. The van der Waals surface area contributed by atoms with Gasteiger partial charge in [0, 0.05) is 13.0 Å². The Morgan fingerprint density at radius 3 is 2.83 bits per heavy atom. The van der Waals surface area contributed by atoms with E-state index in [1.807, 2.05) is 0 Å². The van der Waals surface area contributed by atoms with Crippen molar-refractivity contribution < 1.29 is 19.4 Å². The molecule has 0 radical (unpaired) electrons. The van der Waals surface area contributed by atoms with Gasteiger partial charge in [-0.15, -0.1) is 11.3 Å². The summed E-state index contributed by atoms with van der Waals surface area (Å²) in [5.41, 5.74) is 0. The number of hydrogen-bond donors (Lipinski definition) is 2. The summed E-state index contributed by atoms with van der Waals surface area (Å²) in [6.07, 6.45) is 2.42. The van der Waals surface area contributed by atoms with Crippen molar-refractivity contribution >= 4 is 23.2 Å². The molecule has 1 aromatic rings. The number of hydrogen-bond acceptors (Lipinski definition) is 4. The average Bonchev–Trinajstić information content (AvgIpc) is 2.81. The largest absolute Gasteiger partial charge is 0.495 e. The molecule has 0 spiro atoms. The standard InChI is InChI=1S/C12H17NO4S/c1-17-9-6-8-18-11(9)12(16)13-7-4-2-3-5-10(14)15/h6,8H,2-5,7H2,1H3,(H,13,16)(H,14,15). The highest BCUT2D eigenvalue weighted by molar-refractivity contribution is 7.12. The van der Waals surface area contributed by atoms with Crippen LogP contribution in [0.5, 0.6) is 5.75 Å². The second-order valence-electron chi connectivity index (χ2n) is 3.78. The van der Waals surface area contributed by atoms with Crippen LogP contribution in [0.25, 0.3) is 0 Å². The molecule has 6 heteroatoms. The maximum atomic E-state index is 11.8. The number of rotatable bonds is 8. The lowest BCUT2D eigenvalue weighted by molar-refractivity contribution is -0.137. The highest BCUT2D eigenvalue weighted by Crippen LogP contribution is 2.23. The molecule has 1 aromatic heterocycles. The molecule has 0 saturated carbocycles. The predicted molar refractivity (Wildman–Crippen MR) is 69.3 cm³/mol. The number of carboxylic acid groups (broad SMARTS) is 1. The Labute approximate surface area is 110 Å². The number of ether oxygens (including phenoxy) is 1. The van der Waals surface area contributed by atoms with Crippen LogP contribution in [0.3, 0.4) is 0 Å². The lowest BCUT2D eigenvalue weighted by atomic mass is 10.2. The topological polar surface area (TPSA) is 75.6 Å². The van der Waals surface area contributed by atoms with Gasteiger partial charge >= 0.3 is 5.97 Å². The normalized spacial score (nSPS) is 10.1. The third-order valence-electron chi connectivity index (χ3n) is 2.41. The summed E-state index contributed by atoms with van der Waals surface area (Å²) in [6.45, 7) is 0.555. The van der Waals surface area contributed by atoms with E-state index in [0.717, 1.165) is 12.8 Å². The van der Waals surface area contributed by atoms with Crippen molar-refractivity contribution in [3.05, 3.63) is 16.3 Å². The van der Waals surface area contributed by atoms with Gasteiger partial charge in [0.15, 0.2) is 0 Å². The summed E-state index contributed by atoms with van der Waals surface area (Å²) in [7, 11) is 1.53. The Morgan fingerprint density at radius 1 is 1.39 bits per heavy atom. The van der Waals surface area contributed by atoms with E-state index in [1.165, 1.54) is 18.4 Å². The number of thiophene rings is 1. The molecule has 5 nitrogen and oxygen atoms in total. The van der Waals surface area contributed by atoms with Gasteiger partial charge in [0.1, 0.15) is 10.6 Å². The molecule has 0 saturated heterocycles. The first-order chi connectivity index (χ1) is 8.65. The van der Waals surface area contributed by atoms with Crippen LogP contribution in [-0.2, 0) is 4.79 Å². The van der Waals surface area contributed by atoms with Crippen molar-refractivity contribution in [2.24, 2.45) is 0 Å². The van der Waals surface area contributed by atoms with Crippen LogP contribution in [0.4, 0.5) is 0 Å². The summed E-state index contributed by atoms with van der Waals surface area (Å²) in [6, 6.07) is 1.76. The van der Waals surface area contributed by atoms with Crippen molar-refractivity contribution in [2.45, 2.75) is 25.7 Å². The minimum absolute atomic E-state index is 0.139. The van der Waals surface area contributed by atoms with Crippen LogP contribution in [0, 0.1) is 0 Å². The van der Waals surface area contributed by atoms with Gasteiger partial charge in [-0.1, -0.05) is 6.42 Å². The molecule has 0 aliphatic rings. The lowest BCUT2D eigenvalue weighted by Gasteiger charge is -2.05. The van der Waals surface area contributed by atoms with Crippen molar-refractivity contribution in [3.8, 4) is 5.75 Å². The zero-order valence-electron chi connectivity index (χ0n) is 10.3. The summed E-state index contributed by atoms with van der Waals surface area (Å²) in [5, 5.41) is 13.1. The smallest absolute Gasteiger partial charge is 0.303 e. The number of nitrogens with one attached hydrogen (secondary N) is 1. The number of methoxy groups -OCH3 is 1. The molecule has 0 aromatic carbocycles. The number of carboxylic acids is 1. The van der Waals surface area contributed by atoms with Crippen LogP contribution in [0.15, 0.2) is 11.4 Å². The maximum Gasteiger partial charge on any atom is 0.303 e. The van der Waals surface area contributed by atoms with Gasteiger partial charge in [0.05, 0.1) is 7.11 Å². The Hall–Kier alpha value is -1.56. The fourth-order valence-corrected chi connectivity index (χ4v) is 2.26. The predicted octanol–water partition coefficient (Wildman–Crippen LogP) is 2.13. The molecule has 0 fully saturated rings. The van der Waals surface area contributed by atoms with E-state index in [2.05, 4.69) is 5.32 Å². The van der Waals surface area contributed by atoms with E-state index in [4.69, 9.17) is 9.84 Å². The van der Waals surface area contributed by atoms with Gasteiger partial charge in [-0.3, -0.25) is 9.59 Å². The van der Waals surface area contributed by atoms with Crippen LogP contribution >= 0.6 is 11.3 Å². The molecule has 0 aliphatic carbocycles. The highest BCUT2D eigenvalue weighted by atomic mass is 32.1. The van der Waals surface area contributed by atoms with E-state index in [-0.39, 0.29) is 12.3 Å². The zero-order valence-corrected chi connectivity index (χ0v) is 11.1. The van der Waals surface area contributed by atoms with Crippen molar-refractivity contribution in [2.75, 3.05) is 13.7 Å². The zero-order chi connectivity index (χ0) is 13.4. The first-order valence-corrected chi connectivity index (χ1v) is 6.64. The fraction of sp³-hybridized carbons (Fsp3) is 0.500. The summed E-state index contributed by atoms with van der Waals surface area (Å²) in [4.78, 5) is 22.6. The van der Waals surface area contributed by atoms with E-state index in [9.17, 15) is 9.59 Å². The average molecular weight is 271 g/mol. The molecule has 0 bridgehead atoms. The molecule has 2 N–H and O–H groups in total. The second kappa shape index (κ2) is 7.71. The first kappa shape index (κ1) is 14.5. The monoisotopic (exact) mass is 271 g/mol. The van der Waals surface area contributed by atoms with Crippen LogP contribution in [0.1, 0.15) is 35.4 Å². The van der Waals surface area contributed by atoms with Crippen LogP contribution in [0.2, 0.25) is 0 Å². The number of unbranched alkanes of at least 4 members (excludes halogenated alkanes) is 2. The lowest BCUT2D eigenvalue weighted by Crippen LogP contribution is -2.23. The van der Waals surface area contributed by atoms with Gasteiger partial charge in [0.2, 0.25) is 0 Å². The van der Waals surface area contributed by atoms with Gasteiger partial charge in [0.25, 0.3) is 5.91 Å². The SMILES string of the molecule is COc1ccsc1C(=O)NCCCCCC(=O)O. The van der Waals surface area contributed by atoms with Crippen molar-refractivity contribution in [1.82, 2.24) is 5.32 Å². The maximum absolute atomic E-state index is 11.8. The Bertz CT molecular complexity index is 403. The van der Waals surface area contributed by atoms with Gasteiger partial charge in [-0.25, -0.2) is 0 Å². The molecular weight excluding hydrogens is 254 g/mol. The first-order valence-electron chi connectivity index (χ1n) is 5.76. The molecular formula is C12H17NO4S. The molecule has 1 heterocycles. The van der Waals surface area contributed by atoms with Crippen molar-refractivity contribution in [1.29, 1.82) is 0 Å². The van der Waals surface area contributed by atoms with Gasteiger partial charge in [-0.2, -0.15) is 0 Å². The minimum Gasteiger partial charge on any atom is -0.495 e. The fourth-order valence-electron chi connectivity index (χ4n) is 1.48. The number of amides is 1. The number of carbonyl (C=O) groups is 2. The highest BCUT2D eigenvalue weighted by Gasteiger charge is 2.12. The quantitative estimate of drug-likeness (QED) is 0.710. The van der Waals surface area contributed by atoms with Crippen LogP contribution in [-0.4, -0.2) is 30.6 Å². The molecule has 100 valence electrons. The third kappa shape index (κ3) is 4.75. The second-order valence-corrected chi connectivity index (χ2v) is 4.69. The summed E-state index contributed by atoms with van der Waals surface area (Å²) >= 11 is 1.34. The third-order valence-corrected chi connectivity index (χ3v) is 3.30. The van der Waals surface area contributed by atoms with E-state index >= 15 is 0 Å². The molecule has 0 atom stereocenters. The minimum atomic E-state index is -0.776. The van der Waals surface area contributed by atoms with Crippen molar-refractivity contribution in [3.63, 3.8) is 0 Å². The molecule has 18 heavy (non-hydrogen) atoms. The molecule has 0 aliphatic heterocycles.